The molecule has 0 fully saturated rings. The van der Waals surface area contributed by atoms with Gasteiger partial charge in [-0.2, -0.15) is 5.10 Å². The van der Waals surface area contributed by atoms with Crippen LogP contribution in [0.5, 0.6) is 11.5 Å². The Hall–Kier alpha value is -3.35. The van der Waals surface area contributed by atoms with Gasteiger partial charge in [0.15, 0.2) is 11.5 Å². The summed E-state index contributed by atoms with van der Waals surface area (Å²) in [5.41, 5.74) is 4.95. The van der Waals surface area contributed by atoms with Crippen LogP contribution >= 0.6 is 0 Å². The molecule has 0 heterocycles. The highest BCUT2D eigenvalue weighted by molar-refractivity contribution is 6.35. The molecule has 0 radical (unpaired) electrons. The predicted molar refractivity (Wildman–Crippen MR) is 108 cm³/mol. The number of nitrogens with zero attached hydrogens (tertiary/aromatic N) is 1. The Bertz CT molecular complexity index is 832. The molecule has 0 aliphatic carbocycles. The van der Waals surface area contributed by atoms with Crippen LogP contribution in [0.4, 0.5) is 0 Å². The summed E-state index contributed by atoms with van der Waals surface area (Å²) < 4.78 is 11.0. The Balaban J connectivity index is 1.88. The number of hydrogen-bond donors (Lipinski definition) is 2. The molecule has 0 saturated carbocycles. The number of benzene rings is 2. The van der Waals surface area contributed by atoms with E-state index in [1.54, 1.807) is 18.2 Å². The first-order chi connectivity index (χ1) is 13.5. The third-order valence-electron chi connectivity index (χ3n) is 3.73. The van der Waals surface area contributed by atoms with Crippen molar-refractivity contribution >= 4 is 18.0 Å². The molecule has 2 N–H and O–H groups in total. The lowest BCUT2D eigenvalue weighted by Gasteiger charge is -2.11. The van der Waals surface area contributed by atoms with Crippen molar-refractivity contribution in [2.75, 3.05) is 13.2 Å². The lowest BCUT2D eigenvalue weighted by Crippen LogP contribution is -2.37. The first-order valence-corrected chi connectivity index (χ1v) is 9.10. The van der Waals surface area contributed by atoms with Crippen molar-refractivity contribution in [3.8, 4) is 11.5 Å². The molecule has 0 bridgehead atoms. The van der Waals surface area contributed by atoms with E-state index >= 15 is 0 Å². The number of carbonyl (C=O) groups is 2. The Labute approximate surface area is 164 Å². The minimum Gasteiger partial charge on any atom is -0.490 e. The van der Waals surface area contributed by atoms with Gasteiger partial charge in [0.2, 0.25) is 0 Å². The van der Waals surface area contributed by atoms with E-state index in [1.807, 2.05) is 45.0 Å². The molecule has 28 heavy (non-hydrogen) atoms. The van der Waals surface area contributed by atoms with Crippen LogP contribution in [0.1, 0.15) is 30.5 Å². The molecule has 148 valence electrons. The highest BCUT2D eigenvalue weighted by Gasteiger charge is 2.12. The van der Waals surface area contributed by atoms with Crippen LogP contribution in [0.15, 0.2) is 47.6 Å². The fourth-order valence-corrected chi connectivity index (χ4v) is 2.33. The summed E-state index contributed by atoms with van der Waals surface area (Å²) in [6.45, 7) is 7.05. The molecule has 7 heteroatoms. The van der Waals surface area contributed by atoms with Gasteiger partial charge in [-0.1, -0.05) is 29.8 Å². The topological polar surface area (TPSA) is 89.0 Å². The van der Waals surface area contributed by atoms with E-state index in [-0.39, 0.29) is 6.54 Å². The fraction of sp³-hybridized carbons (Fsp3) is 0.286. The molecule has 0 spiro atoms. The van der Waals surface area contributed by atoms with E-state index in [2.05, 4.69) is 15.8 Å². The Kier molecular flexibility index (Phi) is 8.02. The van der Waals surface area contributed by atoms with Crippen LogP contribution in [0.3, 0.4) is 0 Å². The van der Waals surface area contributed by atoms with E-state index < -0.39 is 11.8 Å². The first-order valence-electron chi connectivity index (χ1n) is 9.10. The van der Waals surface area contributed by atoms with Gasteiger partial charge in [0.25, 0.3) is 0 Å². The lowest BCUT2D eigenvalue weighted by molar-refractivity contribution is -0.139. The number of nitrogens with one attached hydrogen (secondary N) is 2. The summed E-state index contributed by atoms with van der Waals surface area (Å²) >= 11 is 0. The smallest absolute Gasteiger partial charge is 0.329 e. The standard InChI is InChI=1S/C21H25N3O4/c1-4-27-18-11-10-17(12-19(18)28-5-2)14-23-24-21(26)20(25)22-13-16-8-6-15(3)7-9-16/h6-12,14H,4-5,13H2,1-3H3,(H,22,25)(H,24,26)/b23-14-. The van der Waals surface area contributed by atoms with Gasteiger partial charge in [0.1, 0.15) is 0 Å². The molecule has 7 nitrogen and oxygen atoms in total. The van der Waals surface area contributed by atoms with Crippen LogP contribution in [-0.4, -0.2) is 31.2 Å². The molecule has 2 aromatic rings. The molecule has 0 aliphatic rings. The molecule has 0 aliphatic heterocycles. The normalized spacial score (nSPS) is 10.5. The second-order valence-electron chi connectivity index (χ2n) is 5.94. The highest BCUT2D eigenvalue weighted by Crippen LogP contribution is 2.27. The molecular formula is C21H25N3O4. The van der Waals surface area contributed by atoms with Crippen LogP contribution in [0.25, 0.3) is 0 Å². The van der Waals surface area contributed by atoms with Gasteiger partial charge in [-0.25, -0.2) is 5.43 Å². The average Bonchev–Trinajstić information content (AvgIpc) is 2.69. The summed E-state index contributed by atoms with van der Waals surface area (Å²) in [6, 6.07) is 13.0. The Morgan fingerprint density at radius 3 is 2.32 bits per heavy atom. The van der Waals surface area contributed by atoms with Crippen molar-refractivity contribution in [2.45, 2.75) is 27.3 Å². The second-order valence-corrected chi connectivity index (χ2v) is 5.94. The minimum atomic E-state index is -0.834. The van der Waals surface area contributed by atoms with Gasteiger partial charge < -0.3 is 14.8 Å². The van der Waals surface area contributed by atoms with Crippen molar-refractivity contribution in [3.05, 3.63) is 59.2 Å². The molecule has 2 rings (SSSR count). The molecule has 0 saturated heterocycles. The first kappa shape index (κ1) is 21.0. The number of hydrazone groups is 1. The Morgan fingerprint density at radius 1 is 0.964 bits per heavy atom. The van der Waals surface area contributed by atoms with Gasteiger partial charge in [0.05, 0.1) is 19.4 Å². The van der Waals surface area contributed by atoms with Crippen molar-refractivity contribution < 1.29 is 19.1 Å². The van der Waals surface area contributed by atoms with Crippen LogP contribution < -0.4 is 20.2 Å². The quantitative estimate of drug-likeness (QED) is 0.417. The number of rotatable bonds is 8. The van der Waals surface area contributed by atoms with Crippen LogP contribution in [-0.2, 0) is 16.1 Å². The summed E-state index contributed by atoms with van der Waals surface area (Å²) in [5, 5.41) is 6.38. The number of aryl methyl sites for hydroxylation is 1. The molecule has 0 atom stereocenters. The number of carbonyl (C=O) groups excluding carboxylic acids is 2. The van der Waals surface area contributed by atoms with E-state index in [1.165, 1.54) is 6.21 Å². The lowest BCUT2D eigenvalue weighted by atomic mass is 10.1. The maximum Gasteiger partial charge on any atom is 0.329 e. The predicted octanol–water partition coefficient (Wildman–Crippen LogP) is 2.56. The number of hydrogen-bond acceptors (Lipinski definition) is 5. The molecule has 2 aromatic carbocycles. The summed E-state index contributed by atoms with van der Waals surface area (Å²) in [6.07, 6.45) is 1.43. The SMILES string of the molecule is CCOc1ccc(/C=N\NC(=O)C(=O)NCc2ccc(C)cc2)cc1OCC. The Morgan fingerprint density at radius 2 is 1.64 bits per heavy atom. The van der Waals surface area contributed by atoms with E-state index in [4.69, 9.17) is 9.47 Å². The van der Waals surface area contributed by atoms with Gasteiger partial charge in [-0.15, -0.1) is 0 Å². The zero-order chi connectivity index (χ0) is 20.4. The zero-order valence-corrected chi connectivity index (χ0v) is 16.3. The van der Waals surface area contributed by atoms with E-state index in [0.717, 1.165) is 11.1 Å². The number of amides is 2. The fourth-order valence-electron chi connectivity index (χ4n) is 2.33. The largest absolute Gasteiger partial charge is 0.490 e. The van der Waals surface area contributed by atoms with Gasteiger partial charge >= 0.3 is 11.8 Å². The maximum atomic E-state index is 11.8. The summed E-state index contributed by atoms with van der Waals surface area (Å²) in [4.78, 5) is 23.7. The average molecular weight is 383 g/mol. The summed E-state index contributed by atoms with van der Waals surface area (Å²) in [7, 11) is 0. The van der Waals surface area contributed by atoms with Gasteiger partial charge in [0, 0.05) is 6.54 Å². The third kappa shape index (κ3) is 6.42. The number of ether oxygens (including phenoxy) is 2. The van der Waals surface area contributed by atoms with Gasteiger partial charge in [-0.05, 0) is 50.1 Å². The summed E-state index contributed by atoms with van der Waals surface area (Å²) in [5.74, 6) is -0.352. The third-order valence-corrected chi connectivity index (χ3v) is 3.73. The second kappa shape index (κ2) is 10.7. The van der Waals surface area contributed by atoms with E-state index in [9.17, 15) is 9.59 Å². The minimum absolute atomic E-state index is 0.271. The maximum absolute atomic E-state index is 11.8. The zero-order valence-electron chi connectivity index (χ0n) is 16.3. The van der Waals surface area contributed by atoms with Gasteiger partial charge in [-0.3, -0.25) is 9.59 Å². The van der Waals surface area contributed by atoms with Crippen molar-refractivity contribution in [1.29, 1.82) is 0 Å². The molecular weight excluding hydrogens is 358 g/mol. The highest BCUT2D eigenvalue weighted by atomic mass is 16.5. The van der Waals surface area contributed by atoms with Crippen molar-refractivity contribution in [2.24, 2.45) is 5.10 Å². The van der Waals surface area contributed by atoms with Crippen molar-refractivity contribution in [3.63, 3.8) is 0 Å². The van der Waals surface area contributed by atoms with E-state index in [0.29, 0.717) is 30.3 Å². The van der Waals surface area contributed by atoms with Crippen LogP contribution in [0, 0.1) is 6.92 Å². The van der Waals surface area contributed by atoms with Crippen LogP contribution in [0.2, 0.25) is 0 Å². The monoisotopic (exact) mass is 383 g/mol. The molecule has 0 unspecified atom stereocenters. The van der Waals surface area contributed by atoms with Crippen molar-refractivity contribution in [1.82, 2.24) is 10.7 Å². The molecule has 0 aromatic heterocycles. The molecule has 2 amide bonds.